The Labute approximate surface area is 132 Å². The average molecular weight is 408 g/mol. The molecule has 0 radical (unpaired) electrons. The molecule has 2 rings (SSSR count). The zero-order valence-corrected chi connectivity index (χ0v) is 13.6. The monoisotopic (exact) mass is 406 g/mol. The molecule has 2 aromatic rings. The minimum absolute atomic E-state index is 0.329. The first-order chi connectivity index (χ1) is 8.97. The van der Waals surface area contributed by atoms with Gasteiger partial charge in [-0.1, -0.05) is 23.7 Å². The first-order valence-electron chi connectivity index (χ1n) is 5.54. The van der Waals surface area contributed by atoms with Crippen LogP contribution in [0.25, 0.3) is 0 Å². The van der Waals surface area contributed by atoms with Crippen LogP contribution in [0.4, 0.5) is 4.39 Å². The molecule has 1 nitrogen and oxygen atoms in total. The Kier molecular flexibility index (Phi) is 5.01. The third-order valence-electron chi connectivity index (χ3n) is 2.76. The summed E-state index contributed by atoms with van der Waals surface area (Å²) in [5, 5.41) is 10.5. The summed E-state index contributed by atoms with van der Waals surface area (Å²) in [6, 6.07) is 9.71. The Hall–Kier alpha value is -0.420. The summed E-state index contributed by atoms with van der Waals surface area (Å²) in [4.78, 5) is 0. The quantitative estimate of drug-likeness (QED) is 0.733. The van der Waals surface area contributed by atoms with Gasteiger partial charge in [0, 0.05) is 20.4 Å². The molecule has 0 bridgehead atoms. The van der Waals surface area contributed by atoms with Crippen LogP contribution in [0.15, 0.2) is 45.3 Å². The van der Waals surface area contributed by atoms with Gasteiger partial charge in [-0.15, -0.1) is 0 Å². The molecule has 0 saturated heterocycles. The Morgan fingerprint density at radius 1 is 1.11 bits per heavy atom. The number of hydrogen-bond donors (Lipinski definition) is 1. The lowest BCUT2D eigenvalue weighted by atomic mass is 10.0. The van der Waals surface area contributed by atoms with Gasteiger partial charge >= 0.3 is 0 Å². The standard InChI is InChI=1S/C14H10Br2ClFO/c15-11-4-2-9(5-12(11)16)14(19)6-8-1-3-10(18)7-13(8)17/h1-5,7,14,19H,6H2. The Morgan fingerprint density at radius 3 is 2.47 bits per heavy atom. The first-order valence-corrected chi connectivity index (χ1v) is 7.50. The van der Waals surface area contributed by atoms with Crippen LogP contribution in [0.3, 0.4) is 0 Å². The van der Waals surface area contributed by atoms with Crippen LogP contribution < -0.4 is 0 Å². The summed E-state index contributed by atoms with van der Waals surface area (Å²) < 4.78 is 14.7. The van der Waals surface area contributed by atoms with Crippen LogP contribution in [-0.4, -0.2) is 5.11 Å². The molecule has 0 aliphatic carbocycles. The molecule has 5 heteroatoms. The summed E-state index contributed by atoms with van der Waals surface area (Å²) in [5.74, 6) is -0.380. The van der Waals surface area contributed by atoms with Gasteiger partial charge in [0.05, 0.1) is 6.10 Å². The summed E-state index contributed by atoms with van der Waals surface area (Å²) in [5.41, 5.74) is 1.49. The fraction of sp³-hybridized carbons (Fsp3) is 0.143. The molecule has 0 aliphatic heterocycles. The van der Waals surface area contributed by atoms with Crippen LogP contribution in [-0.2, 0) is 6.42 Å². The van der Waals surface area contributed by atoms with Crippen LogP contribution >= 0.6 is 43.5 Å². The number of halogens is 4. The zero-order valence-electron chi connectivity index (χ0n) is 9.71. The van der Waals surface area contributed by atoms with E-state index in [4.69, 9.17) is 11.6 Å². The number of rotatable bonds is 3. The SMILES string of the molecule is OC(Cc1ccc(F)cc1Cl)c1ccc(Br)c(Br)c1. The summed E-state index contributed by atoms with van der Waals surface area (Å²) in [7, 11) is 0. The third kappa shape index (κ3) is 3.78. The van der Waals surface area contributed by atoms with Crippen molar-refractivity contribution in [1.82, 2.24) is 0 Å². The van der Waals surface area contributed by atoms with E-state index in [0.717, 1.165) is 20.1 Å². The molecule has 0 aromatic heterocycles. The van der Waals surface area contributed by atoms with Crippen molar-refractivity contribution in [2.45, 2.75) is 12.5 Å². The van der Waals surface area contributed by atoms with E-state index in [0.29, 0.717) is 11.4 Å². The minimum atomic E-state index is -0.688. The van der Waals surface area contributed by atoms with Crippen molar-refractivity contribution in [3.05, 3.63) is 67.3 Å². The van der Waals surface area contributed by atoms with Crippen LogP contribution in [0.5, 0.6) is 0 Å². The van der Waals surface area contributed by atoms with Gasteiger partial charge in [-0.25, -0.2) is 4.39 Å². The number of hydrogen-bond acceptors (Lipinski definition) is 1. The third-order valence-corrected chi connectivity index (χ3v) is 4.99. The number of aliphatic hydroxyl groups is 1. The first kappa shape index (κ1) is 15.0. The van der Waals surface area contributed by atoms with E-state index in [1.807, 2.05) is 18.2 Å². The molecule has 0 saturated carbocycles. The molecule has 100 valence electrons. The van der Waals surface area contributed by atoms with Crippen molar-refractivity contribution >= 4 is 43.5 Å². The highest BCUT2D eigenvalue weighted by molar-refractivity contribution is 9.13. The van der Waals surface area contributed by atoms with E-state index in [-0.39, 0.29) is 5.82 Å². The van der Waals surface area contributed by atoms with E-state index in [9.17, 15) is 9.50 Å². The maximum atomic E-state index is 12.9. The van der Waals surface area contributed by atoms with Gasteiger partial charge in [-0.05, 0) is 67.3 Å². The molecular weight excluding hydrogens is 398 g/mol. The molecular formula is C14H10Br2ClFO. The molecule has 2 aromatic carbocycles. The van der Waals surface area contributed by atoms with Crippen molar-refractivity contribution in [2.24, 2.45) is 0 Å². The zero-order chi connectivity index (χ0) is 14.0. The minimum Gasteiger partial charge on any atom is -0.388 e. The fourth-order valence-corrected chi connectivity index (χ4v) is 2.62. The largest absolute Gasteiger partial charge is 0.388 e. The van der Waals surface area contributed by atoms with Gasteiger partial charge < -0.3 is 5.11 Å². The van der Waals surface area contributed by atoms with Gasteiger partial charge in [0.1, 0.15) is 5.82 Å². The van der Waals surface area contributed by atoms with E-state index < -0.39 is 6.10 Å². The van der Waals surface area contributed by atoms with Crippen LogP contribution in [0.2, 0.25) is 5.02 Å². The lowest BCUT2D eigenvalue weighted by Crippen LogP contribution is -2.02. The molecule has 0 aliphatic rings. The van der Waals surface area contributed by atoms with Crippen LogP contribution in [0, 0.1) is 5.82 Å². The maximum absolute atomic E-state index is 12.9. The van der Waals surface area contributed by atoms with Crippen molar-refractivity contribution < 1.29 is 9.50 Å². The summed E-state index contributed by atoms with van der Waals surface area (Å²) >= 11 is 12.7. The molecule has 1 atom stereocenters. The van der Waals surface area contributed by atoms with E-state index in [1.165, 1.54) is 12.1 Å². The maximum Gasteiger partial charge on any atom is 0.124 e. The van der Waals surface area contributed by atoms with Gasteiger partial charge in [0.2, 0.25) is 0 Å². The molecule has 0 heterocycles. The smallest absolute Gasteiger partial charge is 0.124 e. The Bertz CT molecular complexity index is 604. The molecule has 19 heavy (non-hydrogen) atoms. The van der Waals surface area contributed by atoms with Gasteiger partial charge in [0.15, 0.2) is 0 Å². The van der Waals surface area contributed by atoms with Gasteiger partial charge in [-0.2, -0.15) is 0 Å². The molecule has 0 amide bonds. The predicted octanol–water partition coefficient (Wildman–Crippen LogP) is 5.28. The highest BCUT2D eigenvalue weighted by atomic mass is 79.9. The van der Waals surface area contributed by atoms with E-state index in [1.54, 1.807) is 6.07 Å². The van der Waals surface area contributed by atoms with E-state index >= 15 is 0 Å². The van der Waals surface area contributed by atoms with Crippen molar-refractivity contribution in [1.29, 1.82) is 0 Å². The lowest BCUT2D eigenvalue weighted by molar-refractivity contribution is 0.178. The molecule has 0 fully saturated rings. The van der Waals surface area contributed by atoms with Gasteiger partial charge in [-0.3, -0.25) is 0 Å². The number of aliphatic hydroxyl groups excluding tert-OH is 1. The summed E-state index contributed by atoms with van der Waals surface area (Å²) in [6.07, 6.45) is -0.347. The second kappa shape index (κ2) is 6.35. The van der Waals surface area contributed by atoms with Gasteiger partial charge in [0.25, 0.3) is 0 Å². The Morgan fingerprint density at radius 2 is 1.84 bits per heavy atom. The van der Waals surface area contributed by atoms with E-state index in [2.05, 4.69) is 31.9 Å². The Balaban J connectivity index is 2.20. The second-order valence-corrected chi connectivity index (χ2v) is 6.25. The average Bonchev–Trinajstić information content (AvgIpc) is 2.36. The lowest BCUT2D eigenvalue weighted by Gasteiger charge is -2.13. The van der Waals surface area contributed by atoms with Crippen molar-refractivity contribution in [3.63, 3.8) is 0 Å². The highest BCUT2D eigenvalue weighted by Crippen LogP contribution is 2.29. The van der Waals surface area contributed by atoms with Crippen LogP contribution in [0.1, 0.15) is 17.2 Å². The molecule has 0 spiro atoms. The van der Waals surface area contributed by atoms with Crippen molar-refractivity contribution in [2.75, 3.05) is 0 Å². The molecule has 1 unspecified atom stereocenters. The number of benzene rings is 2. The second-order valence-electron chi connectivity index (χ2n) is 4.13. The summed E-state index contributed by atoms with van der Waals surface area (Å²) in [6.45, 7) is 0. The predicted molar refractivity (Wildman–Crippen MR) is 81.9 cm³/mol. The highest BCUT2D eigenvalue weighted by Gasteiger charge is 2.12. The fourth-order valence-electron chi connectivity index (χ4n) is 1.73. The topological polar surface area (TPSA) is 20.2 Å². The normalized spacial score (nSPS) is 12.5. The molecule has 1 N–H and O–H groups in total. The van der Waals surface area contributed by atoms with Crippen molar-refractivity contribution in [3.8, 4) is 0 Å².